The first-order valence-corrected chi connectivity index (χ1v) is 5.39. The van der Waals surface area contributed by atoms with E-state index in [2.05, 4.69) is 0 Å². The van der Waals surface area contributed by atoms with Gasteiger partial charge in [-0.1, -0.05) is 0 Å². The Balaban J connectivity index is 3.23. The van der Waals surface area contributed by atoms with Crippen LogP contribution in [0.2, 0.25) is 0 Å². The predicted octanol–water partition coefficient (Wildman–Crippen LogP) is 3.35. The Kier molecular flexibility index (Phi) is 4.21. The fraction of sp³-hybridized carbons (Fsp3) is 0.364. The molecule has 0 unspecified atom stereocenters. The number of nitro benzene ring substituents is 1. The van der Waals surface area contributed by atoms with Crippen LogP contribution in [-0.2, 0) is 4.79 Å². The van der Waals surface area contributed by atoms with Gasteiger partial charge in [0.15, 0.2) is 0 Å². The van der Waals surface area contributed by atoms with E-state index < -0.39 is 34.3 Å². The van der Waals surface area contributed by atoms with Crippen LogP contribution in [0.15, 0.2) is 12.1 Å². The SMILES string of the molecule is Cc1cc(NC(=O)C(F)(F)C(F)(F)F)c([N+](=O)[O-])cc1C. The predicted molar refractivity (Wildman–Crippen MR) is 62.2 cm³/mol. The molecule has 1 N–H and O–H groups in total. The topological polar surface area (TPSA) is 72.2 Å². The lowest BCUT2D eigenvalue weighted by atomic mass is 10.1. The average molecular weight is 312 g/mol. The number of halogens is 5. The van der Waals surface area contributed by atoms with E-state index in [1.807, 2.05) is 0 Å². The summed E-state index contributed by atoms with van der Waals surface area (Å²) in [6.45, 7) is 2.94. The van der Waals surface area contributed by atoms with Gasteiger partial charge in [-0.2, -0.15) is 22.0 Å². The number of benzene rings is 1. The third kappa shape index (κ3) is 3.26. The van der Waals surface area contributed by atoms with E-state index in [1.54, 1.807) is 0 Å². The van der Waals surface area contributed by atoms with Crippen LogP contribution < -0.4 is 5.32 Å². The van der Waals surface area contributed by atoms with E-state index in [-0.39, 0.29) is 0 Å². The maximum atomic E-state index is 12.8. The molecule has 0 aliphatic carbocycles. The fourth-order valence-corrected chi connectivity index (χ4v) is 1.38. The summed E-state index contributed by atoms with van der Waals surface area (Å²) in [5, 5.41) is 12.0. The van der Waals surface area contributed by atoms with Crippen molar-refractivity contribution in [3.05, 3.63) is 33.4 Å². The number of anilines is 1. The number of aryl methyl sites for hydroxylation is 2. The van der Waals surface area contributed by atoms with Gasteiger partial charge in [0.25, 0.3) is 5.69 Å². The van der Waals surface area contributed by atoms with E-state index in [0.717, 1.165) is 12.1 Å². The first-order chi connectivity index (χ1) is 9.37. The average Bonchev–Trinajstić information content (AvgIpc) is 2.31. The van der Waals surface area contributed by atoms with Crippen LogP contribution in [0, 0.1) is 24.0 Å². The molecule has 0 spiro atoms. The van der Waals surface area contributed by atoms with Crippen molar-refractivity contribution in [1.29, 1.82) is 0 Å². The molecule has 0 saturated heterocycles. The van der Waals surface area contributed by atoms with Crippen LogP contribution in [0.1, 0.15) is 11.1 Å². The number of nitrogens with one attached hydrogen (secondary N) is 1. The molecule has 0 radical (unpaired) electrons. The zero-order valence-electron chi connectivity index (χ0n) is 10.7. The summed E-state index contributed by atoms with van der Waals surface area (Å²) in [6.07, 6.45) is -6.09. The first-order valence-electron chi connectivity index (χ1n) is 5.39. The van der Waals surface area contributed by atoms with Gasteiger partial charge in [0.2, 0.25) is 0 Å². The molecule has 0 heterocycles. The molecule has 0 saturated carbocycles. The normalized spacial score (nSPS) is 12.1. The smallest absolute Gasteiger partial charge is 0.315 e. The monoisotopic (exact) mass is 312 g/mol. The Morgan fingerprint density at radius 1 is 1.14 bits per heavy atom. The minimum Gasteiger partial charge on any atom is -0.315 e. The van der Waals surface area contributed by atoms with E-state index in [9.17, 15) is 36.9 Å². The van der Waals surface area contributed by atoms with Gasteiger partial charge in [0.1, 0.15) is 5.69 Å². The third-order valence-corrected chi connectivity index (χ3v) is 2.70. The largest absolute Gasteiger partial charge is 0.463 e. The molecule has 116 valence electrons. The highest BCUT2D eigenvalue weighted by Gasteiger charge is 2.63. The second-order valence-corrected chi connectivity index (χ2v) is 4.24. The van der Waals surface area contributed by atoms with Crippen LogP contribution in [-0.4, -0.2) is 22.9 Å². The number of hydrogen-bond acceptors (Lipinski definition) is 3. The number of amides is 1. The molecular formula is C11H9F5N2O3. The van der Waals surface area contributed by atoms with Gasteiger partial charge < -0.3 is 5.32 Å². The second kappa shape index (κ2) is 5.26. The summed E-state index contributed by atoms with van der Waals surface area (Å²) >= 11 is 0. The number of hydrogen-bond donors (Lipinski definition) is 1. The molecule has 0 aliphatic rings. The molecule has 1 aromatic carbocycles. The number of carbonyl (C=O) groups is 1. The van der Waals surface area contributed by atoms with E-state index in [4.69, 9.17) is 0 Å². The zero-order valence-corrected chi connectivity index (χ0v) is 10.7. The van der Waals surface area contributed by atoms with Crippen molar-refractivity contribution in [2.45, 2.75) is 25.9 Å². The van der Waals surface area contributed by atoms with E-state index >= 15 is 0 Å². The highest BCUT2D eigenvalue weighted by atomic mass is 19.4. The molecule has 21 heavy (non-hydrogen) atoms. The number of nitro groups is 1. The molecule has 0 aromatic heterocycles. The van der Waals surface area contributed by atoms with Crippen molar-refractivity contribution in [2.24, 2.45) is 0 Å². The molecule has 1 aromatic rings. The fourth-order valence-electron chi connectivity index (χ4n) is 1.38. The number of nitrogens with zero attached hydrogens (tertiary/aromatic N) is 1. The van der Waals surface area contributed by atoms with Gasteiger partial charge in [-0.25, -0.2) is 0 Å². The summed E-state index contributed by atoms with van der Waals surface area (Å²) in [4.78, 5) is 20.8. The van der Waals surface area contributed by atoms with E-state index in [0.29, 0.717) is 11.1 Å². The van der Waals surface area contributed by atoms with Crippen molar-refractivity contribution in [1.82, 2.24) is 0 Å². The Hall–Kier alpha value is -2.26. The molecule has 0 bridgehead atoms. The van der Waals surface area contributed by atoms with Crippen LogP contribution in [0.25, 0.3) is 0 Å². The quantitative estimate of drug-likeness (QED) is 0.528. The summed E-state index contributed by atoms with van der Waals surface area (Å²) < 4.78 is 61.8. The van der Waals surface area contributed by atoms with Crippen LogP contribution in [0.4, 0.5) is 33.3 Å². The highest BCUT2D eigenvalue weighted by Crippen LogP contribution is 2.37. The van der Waals surface area contributed by atoms with Crippen molar-refractivity contribution in [3.8, 4) is 0 Å². The summed E-state index contributed by atoms with van der Waals surface area (Å²) in [5.41, 5.74) is -0.699. The van der Waals surface area contributed by atoms with E-state index in [1.165, 1.54) is 19.2 Å². The maximum Gasteiger partial charge on any atom is 0.463 e. The van der Waals surface area contributed by atoms with Crippen molar-refractivity contribution < 1.29 is 31.7 Å². The lowest BCUT2D eigenvalue weighted by Gasteiger charge is -2.18. The minimum atomic E-state index is -6.09. The lowest BCUT2D eigenvalue weighted by Crippen LogP contribution is -2.47. The first kappa shape index (κ1) is 16.8. The van der Waals surface area contributed by atoms with Crippen LogP contribution in [0.3, 0.4) is 0 Å². The highest BCUT2D eigenvalue weighted by molar-refractivity contribution is 5.98. The van der Waals surface area contributed by atoms with Gasteiger partial charge in [0.05, 0.1) is 4.92 Å². The molecule has 1 rings (SSSR count). The Morgan fingerprint density at radius 2 is 1.62 bits per heavy atom. The van der Waals surface area contributed by atoms with Crippen molar-refractivity contribution in [3.63, 3.8) is 0 Å². The van der Waals surface area contributed by atoms with Gasteiger partial charge in [-0.3, -0.25) is 14.9 Å². The molecule has 0 fully saturated rings. The number of alkyl halides is 5. The summed E-state index contributed by atoms with van der Waals surface area (Å²) in [7, 11) is 0. The Labute approximate surface area is 114 Å². The molecule has 0 aliphatic heterocycles. The molecule has 10 heteroatoms. The molecule has 1 amide bonds. The van der Waals surface area contributed by atoms with Crippen LogP contribution in [0.5, 0.6) is 0 Å². The number of carbonyl (C=O) groups excluding carboxylic acids is 1. The molecular weight excluding hydrogens is 303 g/mol. The molecule has 0 atom stereocenters. The second-order valence-electron chi connectivity index (χ2n) is 4.24. The summed E-state index contributed by atoms with van der Waals surface area (Å²) in [5.74, 6) is -8.33. The lowest BCUT2D eigenvalue weighted by molar-refractivity contribution is -0.384. The van der Waals surface area contributed by atoms with Gasteiger partial charge in [0, 0.05) is 6.07 Å². The third-order valence-electron chi connectivity index (χ3n) is 2.70. The standard InChI is InChI=1S/C11H9F5N2O3/c1-5-3-7(8(18(20)21)4-6(5)2)17-9(19)10(12,13)11(14,15)16/h3-4H,1-2H3,(H,17,19). The Morgan fingerprint density at radius 3 is 2.05 bits per heavy atom. The van der Waals surface area contributed by atoms with Gasteiger partial charge in [-0.05, 0) is 31.0 Å². The van der Waals surface area contributed by atoms with Crippen molar-refractivity contribution >= 4 is 17.3 Å². The number of rotatable bonds is 3. The van der Waals surface area contributed by atoms with Gasteiger partial charge in [-0.15, -0.1) is 0 Å². The van der Waals surface area contributed by atoms with Crippen LogP contribution >= 0.6 is 0 Å². The maximum absolute atomic E-state index is 12.8. The zero-order chi connectivity index (χ0) is 16.6. The molecule has 5 nitrogen and oxygen atoms in total. The minimum absolute atomic E-state index is 0.381. The van der Waals surface area contributed by atoms with Gasteiger partial charge >= 0.3 is 18.0 Å². The Bertz CT molecular complexity index is 598. The summed E-state index contributed by atoms with van der Waals surface area (Å²) in [6, 6.07) is 1.93. The van der Waals surface area contributed by atoms with Crippen molar-refractivity contribution in [2.75, 3.05) is 5.32 Å².